The van der Waals surface area contributed by atoms with Crippen molar-refractivity contribution < 1.29 is 40.3 Å². The Bertz CT molecular complexity index is 1070. The van der Waals surface area contributed by atoms with Gasteiger partial charge >= 0.3 is 12.4 Å². The minimum Gasteiger partial charge on any atom is -0.375 e. The van der Waals surface area contributed by atoms with E-state index in [1.165, 1.54) is 12.1 Å². The maximum atomic E-state index is 13.4. The summed E-state index contributed by atoms with van der Waals surface area (Å²) in [7, 11) is 0. The predicted octanol–water partition coefficient (Wildman–Crippen LogP) is 6.14. The topological polar surface area (TPSA) is 29.5 Å². The molecule has 0 saturated carbocycles. The largest absolute Gasteiger partial charge is 0.416 e. The number of halogens is 7. The molecule has 1 aliphatic carbocycles. The number of alkyl halides is 6. The first-order valence-corrected chi connectivity index (χ1v) is 11.0. The number of carbonyl (C=O) groups is 1. The van der Waals surface area contributed by atoms with E-state index in [1.54, 1.807) is 18.2 Å². The molecule has 0 radical (unpaired) electrons. The maximum absolute atomic E-state index is 13.4. The van der Waals surface area contributed by atoms with Crippen molar-refractivity contribution in [2.75, 3.05) is 19.7 Å². The Morgan fingerprint density at radius 1 is 0.886 bits per heavy atom. The molecule has 35 heavy (non-hydrogen) atoms. The van der Waals surface area contributed by atoms with Crippen molar-refractivity contribution in [2.45, 2.75) is 43.6 Å². The third-order valence-electron chi connectivity index (χ3n) is 6.30. The summed E-state index contributed by atoms with van der Waals surface area (Å²) in [6.07, 6.45) is -7.84. The van der Waals surface area contributed by atoms with E-state index >= 15 is 0 Å². The monoisotopic (exact) mass is 501 g/mol. The van der Waals surface area contributed by atoms with Gasteiger partial charge in [-0.1, -0.05) is 12.1 Å². The van der Waals surface area contributed by atoms with Gasteiger partial charge in [-0.15, -0.1) is 0 Å². The zero-order chi connectivity index (χ0) is 25.4. The van der Waals surface area contributed by atoms with Crippen molar-refractivity contribution in [1.29, 1.82) is 0 Å². The number of benzene rings is 2. The Labute approximate surface area is 197 Å². The van der Waals surface area contributed by atoms with E-state index in [2.05, 4.69) is 0 Å². The molecule has 1 saturated heterocycles. The van der Waals surface area contributed by atoms with Crippen molar-refractivity contribution in [3.63, 3.8) is 0 Å². The number of rotatable bonds is 6. The van der Waals surface area contributed by atoms with Gasteiger partial charge in [0.1, 0.15) is 5.82 Å². The van der Waals surface area contributed by atoms with Crippen LogP contribution in [0.15, 0.2) is 54.2 Å². The van der Waals surface area contributed by atoms with Crippen molar-refractivity contribution in [2.24, 2.45) is 0 Å². The van der Waals surface area contributed by atoms with Gasteiger partial charge in [-0.25, -0.2) is 4.39 Å². The van der Waals surface area contributed by atoms with Crippen LogP contribution in [0.4, 0.5) is 30.7 Å². The standard InChI is InChI=1S/C25H22F7NO2/c26-19-3-1-16(2-4-19)22-13-33(20-5-6-21(34)12-20)14-23(22)35-8-7-15-9-17(24(27,28)29)11-18(10-15)25(30,31)32/h1-4,9-12,22-23H,5-8,13-14H2/t22-,23+/m1/s1. The second kappa shape index (κ2) is 9.64. The molecule has 0 spiro atoms. The molecule has 1 fully saturated rings. The first kappa shape index (κ1) is 25.2. The van der Waals surface area contributed by atoms with Crippen molar-refractivity contribution >= 4 is 5.78 Å². The number of allylic oxidation sites excluding steroid dienone is 2. The molecule has 10 heteroatoms. The molecule has 0 unspecified atom stereocenters. The zero-order valence-corrected chi connectivity index (χ0v) is 18.4. The number of hydrogen-bond acceptors (Lipinski definition) is 3. The molecule has 2 aromatic carbocycles. The van der Waals surface area contributed by atoms with Gasteiger partial charge in [0.15, 0.2) is 5.78 Å². The fourth-order valence-electron chi connectivity index (χ4n) is 4.53. The smallest absolute Gasteiger partial charge is 0.375 e. The van der Waals surface area contributed by atoms with Crippen molar-refractivity contribution in [1.82, 2.24) is 4.90 Å². The van der Waals surface area contributed by atoms with Crippen LogP contribution in [-0.2, 0) is 28.3 Å². The maximum Gasteiger partial charge on any atom is 0.416 e. The highest BCUT2D eigenvalue weighted by atomic mass is 19.4. The van der Waals surface area contributed by atoms with Gasteiger partial charge in [0, 0.05) is 37.2 Å². The van der Waals surface area contributed by atoms with E-state index in [0.717, 1.165) is 11.3 Å². The van der Waals surface area contributed by atoms with E-state index in [1.807, 2.05) is 4.90 Å². The molecule has 0 amide bonds. The zero-order valence-electron chi connectivity index (χ0n) is 18.4. The summed E-state index contributed by atoms with van der Waals surface area (Å²) in [6, 6.07) is 7.37. The average Bonchev–Trinajstić information content (AvgIpc) is 3.39. The van der Waals surface area contributed by atoms with Crippen LogP contribution in [0.1, 0.15) is 41.0 Å². The van der Waals surface area contributed by atoms with Gasteiger partial charge < -0.3 is 9.64 Å². The number of ether oxygens (including phenoxy) is 1. The lowest BCUT2D eigenvalue weighted by Crippen LogP contribution is -2.24. The lowest BCUT2D eigenvalue weighted by atomic mass is 9.96. The van der Waals surface area contributed by atoms with Crippen molar-refractivity contribution in [3.8, 4) is 0 Å². The fourth-order valence-corrected chi connectivity index (χ4v) is 4.53. The van der Waals surface area contributed by atoms with Crippen LogP contribution in [-0.4, -0.2) is 36.5 Å². The minimum atomic E-state index is -4.91. The first-order chi connectivity index (χ1) is 16.4. The van der Waals surface area contributed by atoms with Gasteiger partial charge in [0.05, 0.1) is 23.8 Å². The van der Waals surface area contributed by atoms with Gasteiger partial charge in [0.25, 0.3) is 0 Å². The number of ketones is 1. The Morgan fingerprint density at radius 3 is 2.06 bits per heavy atom. The SMILES string of the molecule is O=C1C=C(N2C[C@H](OCCc3cc(C(F)(F)F)cc(C(F)(F)F)c3)[C@@H](c3ccc(F)cc3)C2)CC1. The predicted molar refractivity (Wildman–Crippen MR) is 113 cm³/mol. The van der Waals surface area contributed by atoms with E-state index < -0.39 is 35.4 Å². The summed E-state index contributed by atoms with van der Waals surface area (Å²) in [4.78, 5) is 13.7. The summed E-state index contributed by atoms with van der Waals surface area (Å²) in [5.41, 5.74) is -1.21. The second-order valence-corrected chi connectivity index (χ2v) is 8.74. The first-order valence-electron chi connectivity index (χ1n) is 11.0. The van der Waals surface area contributed by atoms with Gasteiger partial charge in [0.2, 0.25) is 0 Å². The van der Waals surface area contributed by atoms with Crippen molar-refractivity contribution in [3.05, 3.63) is 82.3 Å². The molecule has 0 bridgehead atoms. The average molecular weight is 501 g/mol. The molecule has 3 nitrogen and oxygen atoms in total. The third kappa shape index (κ3) is 6.04. The van der Waals surface area contributed by atoms with Crippen LogP contribution in [0.25, 0.3) is 0 Å². The van der Waals surface area contributed by atoms with Crippen LogP contribution >= 0.6 is 0 Å². The molecule has 1 aliphatic heterocycles. The van der Waals surface area contributed by atoms with Gasteiger partial charge in [-0.3, -0.25) is 4.79 Å². The summed E-state index contributed by atoms with van der Waals surface area (Å²) in [5, 5.41) is 0. The van der Waals surface area contributed by atoms with Crippen LogP contribution in [0.2, 0.25) is 0 Å². The number of likely N-dealkylation sites (tertiary alicyclic amines) is 1. The molecule has 0 N–H and O–H groups in total. The Morgan fingerprint density at radius 2 is 1.51 bits per heavy atom. The Balaban J connectivity index is 1.50. The highest BCUT2D eigenvalue weighted by molar-refractivity contribution is 5.92. The summed E-state index contributed by atoms with van der Waals surface area (Å²) >= 11 is 0. The van der Waals surface area contributed by atoms with E-state index in [-0.39, 0.29) is 36.4 Å². The summed E-state index contributed by atoms with van der Waals surface area (Å²) in [5.74, 6) is -0.595. The third-order valence-corrected chi connectivity index (χ3v) is 6.30. The highest BCUT2D eigenvalue weighted by Crippen LogP contribution is 2.37. The molecular weight excluding hydrogens is 479 g/mol. The number of nitrogens with zero attached hydrogens (tertiary/aromatic N) is 1. The summed E-state index contributed by atoms with van der Waals surface area (Å²) < 4.78 is 98.2. The van der Waals surface area contributed by atoms with Crippen LogP contribution in [0, 0.1) is 5.82 Å². The molecule has 1 heterocycles. The Kier molecular flexibility index (Phi) is 6.95. The molecule has 2 aromatic rings. The minimum absolute atomic E-state index is 0.0210. The molecule has 188 valence electrons. The van der Waals surface area contributed by atoms with E-state index in [4.69, 9.17) is 4.74 Å². The molecular formula is C25H22F7NO2. The van der Waals surface area contributed by atoms with Gasteiger partial charge in [-0.05, 0) is 54.3 Å². The second-order valence-electron chi connectivity index (χ2n) is 8.74. The van der Waals surface area contributed by atoms with Crippen LogP contribution < -0.4 is 0 Å². The van der Waals surface area contributed by atoms with Gasteiger partial charge in [-0.2, -0.15) is 26.3 Å². The van der Waals surface area contributed by atoms with Crippen LogP contribution in [0.3, 0.4) is 0 Å². The lowest BCUT2D eigenvalue weighted by Gasteiger charge is -2.20. The molecule has 4 rings (SSSR count). The molecule has 2 atom stereocenters. The van der Waals surface area contributed by atoms with Crippen LogP contribution in [0.5, 0.6) is 0 Å². The highest BCUT2D eigenvalue weighted by Gasteiger charge is 2.38. The fraction of sp³-hybridized carbons (Fsp3) is 0.400. The Hall–Kier alpha value is -2.88. The molecule has 2 aliphatic rings. The molecule has 0 aromatic heterocycles. The van der Waals surface area contributed by atoms with E-state index in [9.17, 15) is 35.5 Å². The number of hydrogen-bond donors (Lipinski definition) is 0. The normalized spacial score (nSPS) is 21.1. The summed E-state index contributed by atoms with van der Waals surface area (Å²) in [6.45, 7) is 0.793. The quantitative estimate of drug-likeness (QED) is 0.446. The number of carbonyl (C=O) groups excluding carboxylic acids is 1. The lowest BCUT2D eigenvalue weighted by molar-refractivity contribution is -0.143. The van der Waals surface area contributed by atoms with E-state index in [0.29, 0.717) is 38.1 Å².